The summed E-state index contributed by atoms with van der Waals surface area (Å²) >= 11 is 0. The van der Waals surface area contributed by atoms with Crippen molar-refractivity contribution < 1.29 is 49.3 Å². The van der Waals surface area contributed by atoms with E-state index in [9.17, 15) is 35.1 Å². The number of aliphatic hydroxyl groups is 5. The van der Waals surface area contributed by atoms with Crippen molar-refractivity contribution >= 4 is 11.9 Å². The zero-order valence-corrected chi connectivity index (χ0v) is 52.1. The van der Waals surface area contributed by atoms with Gasteiger partial charge in [-0.1, -0.05) is 265 Å². The first-order chi connectivity index (χ1) is 40.2. The highest BCUT2D eigenvalue weighted by Gasteiger charge is 2.47. The Balaban J connectivity index is 2.60. The van der Waals surface area contributed by atoms with Crippen LogP contribution in [0.1, 0.15) is 265 Å². The van der Waals surface area contributed by atoms with Crippen LogP contribution >= 0.6 is 0 Å². The Morgan fingerprint density at radius 1 is 0.488 bits per heavy atom. The minimum atomic E-state index is -1.63. The molecule has 0 aromatic carbocycles. The van der Waals surface area contributed by atoms with E-state index in [-0.39, 0.29) is 19.4 Å². The number of esters is 1. The van der Waals surface area contributed by atoms with E-state index in [2.05, 4.69) is 123 Å². The number of carbonyl (C=O) groups is 2. The van der Waals surface area contributed by atoms with E-state index < -0.39 is 67.4 Å². The largest absolute Gasteiger partial charge is 0.454 e. The summed E-state index contributed by atoms with van der Waals surface area (Å²) in [5, 5.41) is 57.1. The lowest BCUT2D eigenvalue weighted by Gasteiger charge is -2.41. The Labute approximate surface area is 500 Å². The summed E-state index contributed by atoms with van der Waals surface area (Å²) in [6.07, 6.45) is 68.4. The third kappa shape index (κ3) is 44.8. The van der Waals surface area contributed by atoms with Crippen LogP contribution in [0, 0.1) is 0 Å². The third-order valence-corrected chi connectivity index (χ3v) is 14.9. The van der Waals surface area contributed by atoms with E-state index in [1.807, 2.05) is 6.08 Å². The number of amides is 1. The molecule has 1 amide bonds. The van der Waals surface area contributed by atoms with Gasteiger partial charge in [0.15, 0.2) is 12.4 Å². The third-order valence-electron chi connectivity index (χ3n) is 14.9. The van der Waals surface area contributed by atoms with Crippen LogP contribution in [-0.2, 0) is 23.8 Å². The van der Waals surface area contributed by atoms with Crippen LogP contribution in [0.15, 0.2) is 109 Å². The number of carbonyl (C=O) groups excluding carboxylic acids is 2. The van der Waals surface area contributed by atoms with Gasteiger partial charge in [-0.2, -0.15) is 0 Å². The van der Waals surface area contributed by atoms with Crippen molar-refractivity contribution in [2.75, 3.05) is 13.2 Å². The number of allylic oxidation sites excluding steroid dienone is 17. The van der Waals surface area contributed by atoms with E-state index >= 15 is 0 Å². The van der Waals surface area contributed by atoms with Gasteiger partial charge in [0.25, 0.3) is 0 Å². The van der Waals surface area contributed by atoms with Crippen LogP contribution in [-0.4, -0.2) is 99.6 Å². The Kier molecular flexibility index (Phi) is 53.7. The molecule has 1 aliphatic rings. The molecule has 1 fully saturated rings. The van der Waals surface area contributed by atoms with Crippen molar-refractivity contribution in [3.05, 3.63) is 109 Å². The molecule has 6 N–H and O–H groups in total. The van der Waals surface area contributed by atoms with Crippen LogP contribution in [0.3, 0.4) is 0 Å². The molecule has 11 heteroatoms. The fraction of sp³-hybridized carbons (Fsp3) is 0.718. The fourth-order valence-corrected chi connectivity index (χ4v) is 9.75. The zero-order chi connectivity index (χ0) is 59.6. The highest BCUT2D eigenvalue weighted by Crippen LogP contribution is 2.26. The molecule has 0 aliphatic carbocycles. The number of aliphatic hydroxyl groups excluding tert-OH is 5. The molecule has 0 aromatic rings. The predicted octanol–water partition coefficient (Wildman–Crippen LogP) is 16.4. The monoisotopic (exact) mass is 1150 g/mol. The quantitative estimate of drug-likeness (QED) is 0.0195. The lowest BCUT2D eigenvalue weighted by atomic mass is 9.99. The van der Waals surface area contributed by atoms with E-state index in [1.54, 1.807) is 6.08 Å². The summed E-state index contributed by atoms with van der Waals surface area (Å²) in [5.74, 6) is -1.22. The molecule has 1 saturated heterocycles. The van der Waals surface area contributed by atoms with E-state index in [1.165, 1.54) is 77.0 Å². The Morgan fingerprint density at radius 2 is 0.878 bits per heavy atom. The zero-order valence-electron chi connectivity index (χ0n) is 52.1. The normalized spacial score (nSPS) is 19.3. The summed E-state index contributed by atoms with van der Waals surface area (Å²) in [5.41, 5.74) is 0. The maximum Gasteiger partial charge on any atom is 0.306 e. The lowest BCUT2D eigenvalue weighted by molar-refractivity contribution is -0.305. The molecule has 82 heavy (non-hydrogen) atoms. The number of ether oxygens (including phenoxy) is 3. The summed E-state index contributed by atoms with van der Waals surface area (Å²) in [7, 11) is 0. The molecule has 8 atom stereocenters. The highest BCUT2D eigenvalue weighted by atomic mass is 16.7. The van der Waals surface area contributed by atoms with Crippen LogP contribution < -0.4 is 5.32 Å². The molecule has 1 rings (SSSR count). The summed E-state index contributed by atoms with van der Waals surface area (Å²) in [4.78, 5) is 26.6. The maximum atomic E-state index is 13.4. The van der Waals surface area contributed by atoms with Crippen LogP contribution in [0.4, 0.5) is 0 Å². The molecular weight excluding hydrogens is 1030 g/mol. The molecule has 8 unspecified atom stereocenters. The summed E-state index contributed by atoms with van der Waals surface area (Å²) in [6, 6.07) is -1.04. The molecule has 1 aliphatic heterocycles. The Hall–Kier alpha value is -3.68. The SMILES string of the molecule is CC/C=C\C/C=C\C/C=C\C/C=C\C/C=C\C/C=C\CCCCCCCCCCC(=O)OC1C(OCC(NC(=O)C(O)CCCCCCCC/C=C/C/C=C/CC)C(O)/C=C/CCCCCCCCCCCCC)OC(CO)C(O)C1O. The van der Waals surface area contributed by atoms with Gasteiger partial charge in [-0.05, 0) is 103 Å². The molecule has 0 radical (unpaired) electrons. The molecule has 0 spiro atoms. The first kappa shape index (κ1) is 76.3. The number of hydrogen-bond acceptors (Lipinski definition) is 10. The smallest absolute Gasteiger partial charge is 0.306 e. The van der Waals surface area contributed by atoms with Gasteiger partial charge in [0, 0.05) is 6.42 Å². The number of nitrogens with one attached hydrogen (secondary N) is 1. The van der Waals surface area contributed by atoms with Crippen molar-refractivity contribution in [2.45, 2.75) is 314 Å². The summed E-state index contributed by atoms with van der Waals surface area (Å²) in [6.45, 7) is 5.56. The second-order valence-corrected chi connectivity index (χ2v) is 22.4. The average molecular weight is 1150 g/mol. The summed E-state index contributed by atoms with van der Waals surface area (Å²) < 4.78 is 17.6. The molecule has 0 saturated carbocycles. The maximum absolute atomic E-state index is 13.4. The van der Waals surface area contributed by atoms with Crippen molar-refractivity contribution in [3.63, 3.8) is 0 Å². The topological polar surface area (TPSA) is 175 Å². The first-order valence-corrected chi connectivity index (χ1v) is 33.2. The Morgan fingerprint density at radius 3 is 1.32 bits per heavy atom. The standard InChI is InChI=1S/C71H121NO10/c1-4-7-10-13-16-19-22-25-26-27-28-29-30-31-32-33-34-35-36-37-38-41-44-47-50-53-56-59-66(76)82-69-68(78)67(77)65(60-73)81-71(69)80-61-62(63(74)57-54-51-48-45-42-39-23-20-17-14-11-8-5-2)72-70(79)64(75)58-55-52-49-46-43-40-24-21-18-15-12-9-6-3/h7,9-10,12,16,18-19,21,25-26,28-29,31-32,34-35,54,57,62-65,67-69,71,73-75,77-78H,4-6,8,11,13-15,17,20,22-24,27,30,33,36-53,55-56,58-61H2,1-3H3,(H,72,79)/b10-7-,12-9+,19-16-,21-18+,26-25-,29-28-,32-31-,35-34-,57-54+. The van der Waals surface area contributed by atoms with Gasteiger partial charge in [0.1, 0.15) is 24.4 Å². The van der Waals surface area contributed by atoms with Gasteiger partial charge in [0.2, 0.25) is 5.91 Å². The van der Waals surface area contributed by atoms with Crippen molar-refractivity contribution in [1.82, 2.24) is 5.32 Å². The van der Waals surface area contributed by atoms with Gasteiger partial charge < -0.3 is 45.1 Å². The van der Waals surface area contributed by atoms with Gasteiger partial charge in [-0.25, -0.2) is 0 Å². The fourth-order valence-electron chi connectivity index (χ4n) is 9.75. The molecule has 0 aromatic heterocycles. The van der Waals surface area contributed by atoms with Gasteiger partial charge >= 0.3 is 5.97 Å². The number of rotatable bonds is 55. The van der Waals surface area contributed by atoms with E-state index in [0.29, 0.717) is 12.8 Å². The van der Waals surface area contributed by atoms with Crippen molar-refractivity contribution in [3.8, 4) is 0 Å². The average Bonchev–Trinajstić information content (AvgIpc) is 3.57. The van der Waals surface area contributed by atoms with Crippen LogP contribution in [0.25, 0.3) is 0 Å². The molecule has 11 nitrogen and oxygen atoms in total. The number of hydrogen-bond donors (Lipinski definition) is 6. The first-order valence-electron chi connectivity index (χ1n) is 33.2. The lowest BCUT2D eigenvalue weighted by Crippen LogP contribution is -2.61. The molecule has 0 bridgehead atoms. The molecular formula is C71H121NO10. The highest BCUT2D eigenvalue weighted by molar-refractivity contribution is 5.80. The number of unbranched alkanes of at least 4 members (excludes halogenated alkanes) is 25. The van der Waals surface area contributed by atoms with Gasteiger partial charge in [-0.3, -0.25) is 9.59 Å². The molecule has 1 heterocycles. The second-order valence-electron chi connectivity index (χ2n) is 22.4. The van der Waals surface area contributed by atoms with Gasteiger partial charge in [-0.15, -0.1) is 0 Å². The minimum absolute atomic E-state index is 0.107. The van der Waals surface area contributed by atoms with E-state index in [0.717, 1.165) is 141 Å². The predicted molar refractivity (Wildman–Crippen MR) is 342 cm³/mol. The van der Waals surface area contributed by atoms with Crippen molar-refractivity contribution in [2.24, 2.45) is 0 Å². The van der Waals surface area contributed by atoms with Crippen LogP contribution in [0.5, 0.6) is 0 Å². The minimum Gasteiger partial charge on any atom is -0.454 e. The van der Waals surface area contributed by atoms with Crippen molar-refractivity contribution in [1.29, 1.82) is 0 Å². The Bertz CT molecular complexity index is 1750. The van der Waals surface area contributed by atoms with Crippen LogP contribution in [0.2, 0.25) is 0 Å². The van der Waals surface area contributed by atoms with E-state index in [4.69, 9.17) is 14.2 Å². The van der Waals surface area contributed by atoms with Gasteiger partial charge in [0.05, 0.1) is 25.4 Å². The second kappa shape index (κ2) is 57.7. The molecule has 470 valence electrons.